The Bertz CT molecular complexity index is 1580. The zero-order valence-electron chi connectivity index (χ0n) is 19.4. The third-order valence-corrected chi connectivity index (χ3v) is 6.11. The normalized spacial score (nSPS) is 14.6. The zero-order valence-corrected chi connectivity index (χ0v) is 19.4. The molecule has 5 rings (SSSR count). The summed E-state index contributed by atoms with van der Waals surface area (Å²) >= 11 is 0. The van der Waals surface area contributed by atoms with Gasteiger partial charge in [-0.3, -0.25) is 0 Å². The highest BCUT2D eigenvalue weighted by Crippen LogP contribution is 2.45. The standard InChI is InChI=1S/C28H22N2O5/c1-30-27-21(15-29)24(25-26(35-27)19-9-4-5-10-23(19)34-28(25)31)17-11-12-22(33-3)20(14-17)16-7-6-8-18(13-16)32-2/h4-14,24,30H,1-3H3. The number of para-hydroxylation sites is 1. The molecule has 7 heteroatoms. The average molecular weight is 466 g/mol. The average Bonchev–Trinajstić information content (AvgIpc) is 2.91. The van der Waals surface area contributed by atoms with E-state index in [-0.39, 0.29) is 11.1 Å². The Morgan fingerprint density at radius 1 is 1.00 bits per heavy atom. The van der Waals surface area contributed by atoms with Crippen molar-refractivity contribution < 1.29 is 18.6 Å². The number of benzene rings is 3. The molecule has 3 aromatic carbocycles. The summed E-state index contributed by atoms with van der Waals surface area (Å²) in [5.74, 6) is 1.32. The second-order valence-corrected chi connectivity index (χ2v) is 7.96. The lowest BCUT2D eigenvalue weighted by Crippen LogP contribution is -2.28. The minimum atomic E-state index is -0.706. The Labute approximate surface area is 201 Å². The minimum absolute atomic E-state index is 0.279. The number of hydrogen-bond acceptors (Lipinski definition) is 7. The number of nitriles is 1. The Morgan fingerprint density at radius 2 is 1.83 bits per heavy atom. The van der Waals surface area contributed by atoms with Gasteiger partial charge in [-0.25, -0.2) is 4.79 Å². The number of ether oxygens (including phenoxy) is 3. The Balaban J connectivity index is 1.79. The first-order valence-corrected chi connectivity index (χ1v) is 11.0. The van der Waals surface area contributed by atoms with Crippen molar-refractivity contribution in [3.05, 3.63) is 99.7 Å². The number of fused-ring (bicyclic) bond motifs is 3. The molecule has 1 atom stereocenters. The van der Waals surface area contributed by atoms with Gasteiger partial charge in [-0.15, -0.1) is 0 Å². The number of nitrogens with one attached hydrogen (secondary N) is 1. The second kappa shape index (κ2) is 8.92. The second-order valence-electron chi connectivity index (χ2n) is 7.96. The predicted octanol–water partition coefficient (Wildman–Crippen LogP) is 4.96. The molecule has 35 heavy (non-hydrogen) atoms. The summed E-state index contributed by atoms with van der Waals surface area (Å²) in [6.07, 6.45) is 0. The highest BCUT2D eigenvalue weighted by Gasteiger charge is 2.36. The molecule has 0 fully saturated rings. The van der Waals surface area contributed by atoms with Crippen molar-refractivity contribution in [2.75, 3.05) is 21.3 Å². The summed E-state index contributed by atoms with van der Waals surface area (Å²) in [6, 6.07) is 22.6. The number of nitrogens with zero attached hydrogens (tertiary/aromatic N) is 1. The van der Waals surface area contributed by atoms with Gasteiger partial charge in [0.15, 0.2) is 5.75 Å². The van der Waals surface area contributed by atoms with Gasteiger partial charge in [0.2, 0.25) is 5.88 Å². The van der Waals surface area contributed by atoms with Crippen LogP contribution in [0.4, 0.5) is 0 Å². The first-order valence-electron chi connectivity index (χ1n) is 11.0. The molecule has 0 spiro atoms. The molecule has 0 aliphatic carbocycles. The molecule has 0 saturated carbocycles. The van der Waals surface area contributed by atoms with E-state index >= 15 is 0 Å². The topological polar surface area (TPSA) is 93.7 Å². The number of hydrogen-bond donors (Lipinski definition) is 1. The van der Waals surface area contributed by atoms with E-state index in [1.165, 1.54) is 0 Å². The fraction of sp³-hybridized carbons (Fsp3) is 0.143. The first kappa shape index (κ1) is 22.1. The van der Waals surface area contributed by atoms with Crippen molar-refractivity contribution in [1.82, 2.24) is 5.32 Å². The van der Waals surface area contributed by atoms with Crippen LogP contribution >= 0.6 is 0 Å². The predicted molar refractivity (Wildman–Crippen MR) is 132 cm³/mol. The fourth-order valence-corrected chi connectivity index (χ4v) is 4.48. The van der Waals surface area contributed by atoms with E-state index in [0.29, 0.717) is 34.1 Å². The molecular formula is C28H22N2O5. The van der Waals surface area contributed by atoms with E-state index in [4.69, 9.17) is 18.6 Å². The van der Waals surface area contributed by atoms with Gasteiger partial charge < -0.3 is 23.9 Å². The van der Waals surface area contributed by atoms with Crippen molar-refractivity contribution in [2.45, 2.75) is 5.92 Å². The summed E-state index contributed by atoms with van der Waals surface area (Å²) < 4.78 is 22.7. The lowest BCUT2D eigenvalue weighted by atomic mass is 9.82. The summed E-state index contributed by atoms with van der Waals surface area (Å²) in [4.78, 5) is 13.2. The molecule has 7 nitrogen and oxygen atoms in total. The quantitative estimate of drug-likeness (QED) is 0.416. The SMILES string of the molecule is CNC1=C(C#N)C(c2ccc(OC)c(-c3cccc(OC)c3)c2)c2c(c3ccccc3oc2=O)O1. The highest BCUT2D eigenvalue weighted by atomic mass is 16.5. The maximum Gasteiger partial charge on any atom is 0.344 e. The lowest BCUT2D eigenvalue weighted by molar-refractivity contribution is 0.364. The van der Waals surface area contributed by atoms with E-state index in [9.17, 15) is 10.1 Å². The minimum Gasteiger partial charge on any atom is -0.497 e. The molecular weight excluding hydrogens is 444 g/mol. The van der Waals surface area contributed by atoms with Crippen LogP contribution < -0.4 is 25.2 Å². The van der Waals surface area contributed by atoms with Gasteiger partial charge in [0, 0.05) is 12.6 Å². The molecule has 1 N–H and O–H groups in total. The van der Waals surface area contributed by atoms with Crippen LogP contribution in [-0.2, 0) is 0 Å². The van der Waals surface area contributed by atoms with Gasteiger partial charge in [0.05, 0.1) is 31.1 Å². The molecule has 0 amide bonds. The molecule has 0 radical (unpaired) electrons. The van der Waals surface area contributed by atoms with Gasteiger partial charge in [0.25, 0.3) is 0 Å². The molecule has 1 aliphatic rings. The first-order chi connectivity index (χ1) is 17.1. The highest BCUT2D eigenvalue weighted by molar-refractivity contribution is 5.86. The number of allylic oxidation sites excluding steroid dienone is 1. The number of rotatable bonds is 5. The molecule has 1 aromatic heterocycles. The molecule has 0 bridgehead atoms. The van der Waals surface area contributed by atoms with E-state index in [2.05, 4.69) is 11.4 Å². The van der Waals surface area contributed by atoms with Crippen LogP contribution in [-0.4, -0.2) is 21.3 Å². The summed E-state index contributed by atoms with van der Waals surface area (Å²) in [5.41, 5.74) is 2.82. The lowest BCUT2D eigenvalue weighted by Gasteiger charge is -2.28. The maximum absolute atomic E-state index is 13.2. The van der Waals surface area contributed by atoms with Gasteiger partial charge in [-0.1, -0.05) is 30.3 Å². The van der Waals surface area contributed by atoms with Gasteiger partial charge in [-0.2, -0.15) is 5.26 Å². The van der Waals surface area contributed by atoms with Gasteiger partial charge in [-0.05, 0) is 47.5 Å². The van der Waals surface area contributed by atoms with Crippen LogP contribution in [0, 0.1) is 11.3 Å². The largest absolute Gasteiger partial charge is 0.497 e. The summed E-state index contributed by atoms with van der Waals surface area (Å²) in [6.45, 7) is 0. The van der Waals surface area contributed by atoms with Gasteiger partial charge >= 0.3 is 5.63 Å². The monoisotopic (exact) mass is 466 g/mol. The molecule has 1 aliphatic heterocycles. The van der Waals surface area contributed by atoms with Crippen LogP contribution in [0.5, 0.6) is 17.2 Å². The third kappa shape index (κ3) is 3.65. The van der Waals surface area contributed by atoms with E-state index in [1.54, 1.807) is 33.4 Å². The Kier molecular flexibility index (Phi) is 5.63. The summed E-state index contributed by atoms with van der Waals surface area (Å²) in [5, 5.41) is 13.7. The van der Waals surface area contributed by atoms with Crippen LogP contribution in [0.15, 0.2) is 87.4 Å². The zero-order chi connectivity index (χ0) is 24.5. The van der Waals surface area contributed by atoms with Crippen LogP contribution in [0.25, 0.3) is 22.1 Å². The molecule has 4 aromatic rings. The van der Waals surface area contributed by atoms with Crippen molar-refractivity contribution >= 4 is 11.0 Å². The smallest absolute Gasteiger partial charge is 0.344 e. The molecule has 0 saturated heterocycles. The third-order valence-electron chi connectivity index (χ3n) is 6.11. The van der Waals surface area contributed by atoms with Crippen LogP contribution in [0.2, 0.25) is 0 Å². The van der Waals surface area contributed by atoms with Crippen molar-refractivity contribution in [3.63, 3.8) is 0 Å². The Morgan fingerprint density at radius 3 is 2.57 bits per heavy atom. The maximum atomic E-state index is 13.2. The van der Waals surface area contributed by atoms with E-state index in [1.807, 2.05) is 54.6 Å². The van der Waals surface area contributed by atoms with Crippen molar-refractivity contribution in [2.24, 2.45) is 0 Å². The van der Waals surface area contributed by atoms with Gasteiger partial charge in [0.1, 0.15) is 28.7 Å². The van der Waals surface area contributed by atoms with Crippen molar-refractivity contribution in [3.8, 4) is 34.4 Å². The van der Waals surface area contributed by atoms with E-state index in [0.717, 1.165) is 16.7 Å². The Hall–Kier alpha value is -4.70. The molecule has 2 heterocycles. The van der Waals surface area contributed by atoms with Crippen LogP contribution in [0.1, 0.15) is 17.0 Å². The molecule has 174 valence electrons. The molecule has 1 unspecified atom stereocenters. The fourth-order valence-electron chi connectivity index (χ4n) is 4.48. The van der Waals surface area contributed by atoms with Crippen LogP contribution in [0.3, 0.4) is 0 Å². The summed E-state index contributed by atoms with van der Waals surface area (Å²) in [7, 11) is 4.89. The van der Waals surface area contributed by atoms with Crippen molar-refractivity contribution in [1.29, 1.82) is 5.26 Å². The van der Waals surface area contributed by atoms with E-state index < -0.39 is 11.5 Å². The number of methoxy groups -OCH3 is 2.